The van der Waals surface area contributed by atoms with Crippen LogP contribution in [0.2, 0.25) is 0 Å². The highest BCUT2D eigenvalue weighted by Gasteiger charge is 2.14. The van der Waals surface area contributed by atoms with E-state index >= 15 is 0 Å². The topological polar surface area (TPSA) is 63.8 Å². The highest BCUT2D eigenvalue weighted by atomic mass is 16.5. The summed E-state index contributed by atoms with van der Waals surface area (Å²) in [6, 6.07) is 18.7. The number of nitrogens with one attached hydrogen (secondary N) is 1. The summed E-state index contributed by atoms with van der Waals surface area (Å²) in [5, 5.41) is 8.59. The van der Waals surface area contributed by atoms with Crippen LogP contribution in [0.3, 0.4) is 0 Å². The van der Waals surface area contributed by atoms with Crippen LogP contribution in [0.4, 0.5) is 5.82 Å². The number of pyridine rings is 1. The van der Waals surface area contributed by atoms with E-state index in [9.17, 15) is 0 Å². The molecule has 0 saturated carbocycles. The molecule has 0 fully saturated rings. The normalized spacial score (nSPS) is 11.0. The molecule has 0 amide bonds. The number of fused-ring (bicyclic) bond motifs is 1. The van der Waals surface area contributed by atoms with E-state index in [4.69, 9.17) is 9.51 Å². The molecule has 130 valence electrons. The van der Waals surface area contributed by atoms with Crippen molar-refractivity contribution in [2.75, 3.05) is 11.9 Å². The number of hydrogen-bond donors (Lipinski definition) is 1. The fourth-order valence-electron chi connectivity index (χ4n) is 2.98. The summed E-state index contributed by atoms with van der Waals surface area (Å²) in [6.07, 6.45) is 0.916. The van der Waals surface area contributed by atoms with Gasteiger partial charge in [-0.05, 0) is 37.1 Å². The fraction of sp³-hybridized carbons (Fsp3) is 0.190. The molecular weight excluding hydrogens is 324 g/mol. The Kier molecular flexibility index (Phi) is 4.35. The molecular formula is C21H20N4O. The molecule has 0 aliphatic heterocycles. The number of hydrogen-bond acceptors (Lipinski definition) is 5. The first-order valence-corrected chi connectivity index (χ1v) is 8.69. The summed E-state index contributed by atoms with van der Waals surface area (Å²) in [7, 11) is 0. The average Bonchev–Trinajstić information content (AvgIpc) is 3.08. The second-order valence-corrected chi connectivity index (χ2v) is 6.38. The summed E-state index contributed by atoms with van der Waals surface area (Å²) in [6.45, 7) is 4.64. The van der Waals surface area contributed by atoms with Crippen molar-refractivity contribution in [2.45, 2.75) is 20.3 Å². The van der Waals surface area contributed by atoms with Crippen molar-refractivity contribution < 1.29 is 4.52 Å². The van der Waals surface area contributed by atoms with E-state index in [-0.39, 0.29) is 0 Å². The molecule has 0 spiro atoms. The van der Waals surface area contributed by atoms with Gasteiger partial charge >= 0.3 is 0 Å². The molecule has 4 rings (SSSR count). The lowest BCUT2D eigenvalue weighted by molar-refractivity contribution is 0.394. The van der Waals surface area contributed by atoms with Crippen molar-refractivity contribution in [3.8, 4) is 11.4 Å². The highest BCUT2D eigenvalue weighted by molar-refractivity contribution is 5.88. The van der Waals surface area contributed by atoms with E-state index in [1.54, 1.807) is 6.92 Å². The fourth-order valence-corrected chi connectivity index (χ4v) is 2.98. The largest absolute Gasteiger partial charge is 0.369 e. The van der Waals surface area contributed by atoms with E-state index in [0.717, 1.165) is 35.2 Å². The quantitative estimate of drug-likeness (QED) is 0.575. The third-order valence-electron chi connectivity index (χ3n) is 4.29. The molecule has 0 bridgehead atoms. The molecule has 0 unspecified atom stereocenters. The minimum absolute atomic E-state index is 0.541. The van der Waals surface area contributed by atoms with Gasteiger partial charge in [0.05, 0.1) is 11.1 Å². The van der Waals surface area contributed by atoms with E-state index < -0.39 is 0 Å². The Morgan fingerprint density at radius 1 is 0.962 bits per heavy atom. The zero-order valence-electron chi connectivity index (χ0n) is 14.9. The molecule has 0 saturated heterocycles. The summed E-state index contributed by atoms with van der Waals surface area (Å²) >= 11 is 0. The molecule has 2 heterocycles. The molecule has 1 N–H and O–H groups in total. The van der Waals surface area contributed by atoms with Crippen molar-refractivity contribution in [2.24, 2.45) is 0 Å². The Hall–Kier alpha value is -3.21. The first-order valence-electron chi connectivity index (χ1n) is 8.69. The predicted molar refractivity (Wildman–Crippen MR) is 103 cm³/mol. The smallest absolute Gasteiger partial charge is 0.223 e. The van der Waals surface area contributed by atoms with Crippen LogP contribution in [-0.2, 0) is 6.42 Å². The first kappa shape index (κ1) is 16.3. The summed E-state index contributed by atoms with van der Waals surface area (Å²) < 4.78 is 5.17. The molecule has 5 nitrogen and oxygen atoms in total. The van der Waals surface area contributed by atoms with Gasteiger partial charge in [-0.1, -0.05) is 47.1 Å². The van der Waals surface area contributed by atoms with E-state index in [0.29, 0.717) is 11.7 Å². The van der Waals surface area contributed by atoms with E-state index in [1.165, 1.54) is 11.1 Å². The lowest BCUT2D eigenvalue weighted by Gasteiger charge is -2.11. The Bertz CT molecular complexity index is 1040. The molecule has 2 aromatic carbocycles. The Morgan fingerprint density at radius 2 is 1.81 bits per heavy atom. The summed E-state index contributed by atoms with van der Waals surface area (Å²) in [5.74, 6) is 1.87. The monoisotopic (exact) mass is 344 g/mol. The minimum Gasteiger partial charge on any atom is -0.369 e. The first-order chi connectivity index (χ1) is 12.7. The number of rotatable bonds is 5. The van der Waals surface area contributed by atoms with Crippen LogP contribution < -0.4 is 5.32 Å². The second-order valence-electron chi connectivity index (χ2n) is 6.38. The molecule has 0 atom stereocenters. The van der Waals surface area contributed by atoms with Crippen LogP contribution in [0.15, 0.2) is 59.1 Å². The number of nitrogens with zero attached hydrogens (tertiary/aromatic N) is 3. The number of aryl methyl sites for hydroxylation is 2. The maximum Gasteiger partial charge on any atom is 0.223 e. The Morgan fingerprint density at radius 3 is 2.58 bits per heavy atom. The van der Waals surface area contributed by atoms with Crippen LogP contribution in [-0.4, -0.2) is 21.7 Å². The Labute approximate surface area is 152 Å². The average molecular weight is 344 g/mol. The molecule has 0 radical (unpaired) electrons. The lowest BCUT2D eigenvalue weighted by atomic mass is 10.1. The van der Waals surface area contributed by atoms with Crippen LogP contribution in [0, 0.1) is 13.8 Å². The van der Waals surface area contributed by atoms with Crippen LogP contribution >= 0.6 is 0 Å². The van der Waals surface area contributed by atoms with Crippen molar-refractivity contribution in [1.29, 1.82) is 0 Å². The van der Waals surface area contributed by atoms with Crippen LogP contribution in [0.1, 0.15) is 17.0 Å². The molecule has 2 aromatic heterocycles. The molecule has 5 heteroatoms. The maximum absolute atomic E-state index is 5.17. The van der Waals surface area contributed by atoms with Crippen molar-refractivity contribution in [3.63, 3.8) is 0 Å². The van der Waals surface area contributed by atoms with Gasteiger partial charge in [0.1, 0.15) is 5.82 Å². The number of aromatic nitrogens is 3. The van der Waals surface area contributed by atoms with E-state index in [1.807, 2.05) is 12.1 Å². The SMILES string of the molecule is Cc1ccc2nc(NCCc3ccccc3)c(-c3noc(C)n3)cc2c1. The van der Waals surface area contributed by atoms with Gasteiger partial charge in [0, 0.05) is 18.9 Å². The number of benzene rings is 2. The Balaban J connectivity index is 1.68. The zero-order valence-corrected chi connectivity index (χ0v) is 14.9. The van der Waals surface area contributed by atoms with Crippen molar-refractivity contribution in [3.05, 3.63) is 71.6 Å². The predicted octanol–water partition coefficient (Wildman–Crippen LogP) is 4.56. The molecule has 26 heavy (non-hydrogen) atoms. The van der Waals surface area contributed by atoms with Gasteiger partial charge in [0.2, 0.25) is 11.7 Å². The van der Waals surface area contributed by atoms with Gasteiger partial charge in [-0.2, -0.15) is 4.98 Å². The van der Waals surface area contributed by atoms with Gasteiger partial charge < -0.3 is 9.84 Å². The number of anilines is 1. The van der Waals surface area contributed by atoms with Gasteiger partial charge in [-0.3, -0.25) is 0 Å². The standard InChI is InChI=1S/C21H20N4O/c1-14-8-9-19-17(12-14)13-18(21-23-15(2)26-25-21)20(24-19)22-11-10-16-6-4-3-5-7-16/h3-9,12-13H,10-11H2,1-2H3,(H,22,24). The van der Waals surface area contributed by atoms with Crippen LogP contribution in [0.25, 0.3) is 22.3 Å². The molecule has 0 aliphatic carbocycles. The van der Waals surface area contributed by atoms with Crippen LogP contribution in [0.5, 0.6) is 0 Å². The molecule has 0 aliphatic rings. The third kappa shape index (κ3) is 3.42. The summed E-state index contributed by atoms with van der Waals surface area (Å²) in [4.78, 5) is 9.18. The van der Waals surface area contributed by atoms with Crippen molar-refractivity contribution >= 4 is 16.7 Å². The van der Waals surface area contributed by atoms with Gasteiger partial charge in [0.15, 0.2) is 0 Å². The van der Waals surface area contributed by atoms with E-state index in [2.05, 4.69) is 64.8 Å². The summed E-state index contributed by atoms with van der Waals surface area (Å²) in [5.41, 5.74) is 4.28. The highest BCUT2D eigenvalue weighted by Crippen LogP contribution is 2.28. The maximum atomic E-state index is 5.17. The van der Waals surface area contributed by atoms with Gasteiger partial charge in [-0.25, -0.2) is 4.98 Å². The second kappa shape index (κ2) is 6.96. The van der Waals surface area contributed by atoms with Crippen molar-refractivity contribution in [1.82, 2.24) is 15.1 Å². The molecule has 4 aromatic rings. The minimum atomic E-state index is 0.541. The van der Waals surface area contributed by atoms with Gasteiger partial charge in [-0.15, -0.1) is 0 Å². The zero-order chi connectivity index (χ0) is 17.9. The third-order valence-corrected chi connectivity index (χ3v) is 4.29. The lowest BCUT2D eigenvalue weighted by Crippen LogP contribution is -2.08. The van der Waals surface area contributed by atoms with Gasteiger partial charge in [0.25, 0.3) is 0 Å².